The van der Waals surface area contributed by atoms with Gasteiger partial charge >= 0.3 is 0 Å². The van der Waals surface area contributed by atoms with Crippen molar-refractivity contribution in [2.75, 3.05) is 6.61 Å². The van der Waals surface area contributed by atoms with Gasteiger partial charge in [-0.25, -0.2) is 0 Å². The fourth-order valence-electron chi connectivity index (χ4n) is 1.27. The molecule has 0 fully saturated rings. The van der Waals surface area contributed by atoms with Crippen LogP contribution in [0.5, 0.6) is 17.2 Å². The number of benzene rings is 1. The van der Waals surface area contributed by atoms with E-state index in [1.54, 1.807) is 12.1 Å². The molecule has 1 rings (SSSR count). The lowest BCUT2D eigenvalue weighted by atomic mass is 10.2. The first-order chi connectivity index (χ1) is 7.04. The summed E-state index contributed by atoms with van der Waals surface area (Å²) in [6.45, 7) is 8.19. The molecule has 0 radical (unpaired) electrons. The maximum absolute atomic E-state index is 9.66. The van der Waals surface area contributed by atoms with Gasteiger partial charge in [-0.05, 0) is 27.7 Å². The van der Waals surface area contributed by atoms with Crippen molar-refractivity contribution in [2.45, 2.75) is 33.8 Å². The van der Waals surface area contributed by atoms with Crippen molar-refractivity contribution in [3.8, 4) is 17.2 Å². The predicted octanol–water partition coefficient (Wildman–Crippen LogP) is 2.89. The van der Waals surface area contributed by atoms with Gasteiger partial charge in [0.2, 0.25) is 0 Å². The highest BCUT2D eigenvalue weighted by Gasteiger charge is 2.09. The molecule has 0 saturated heterocycles. The molecule has 3 heteroatoms. The highest BCUT2D eigenvalue weighted by Crippen LogP contribution is 2.33. The lowest BCUT2D eigenvalue weighted by Gasteiger charge is -2.15. The van der Waals surface area contributed by atoms with Gasteiger partial charge in [-0.1, -0.05) is 0 Å². The second-order valence-corrected chi connectivity index (χ2v) is 3.67. The SMILES string of the molecule is CCOc1cc(O)c(C)c(OC(C)C)c1. The standard InChI is InChI=1S/C12H18O3/c1-5-14-10-6-11(13)9(4)12(7-10)15-8(2)3/h6-8,13H,5H2,1-4H3. The van der Waals surface area contributed by atoms with E-state index in [2.05, 4.69) is 0 Å². The summed E-state index contributed by atoms with van der Waals surface area (Å²) in [5.41, 5.74) is 0.743. The van der Waals surface area contributed by atoms with Crippen molar-refractivity contribution in [3.05, 3.63) is 17.7 Å². The van der Waals surface area contributed by atoms with Crippen LogP contribution in [-0.4, -0.2) is 17.8 Å². The van der Waals surface area contributed by atoms with Gasteiger partial charge in [0.25, 0.3) is 0 Å². The summed E-state index contributed by atoms with van der Waals surface area (Å²) < 4.78 is 10.9. The summed E-state index contributed by atoms with van der Waals surface area (Å²) in [6, 6.07) is 3.41. The summed E-state index contributed by atoms with van der Waals surface area (Å²) in [6.07, 6.45) is 0.0833. The van der Waals surface area contributed by atoms with E-state index in [0.29, 0.717) is 18.1 Å². The molecule has 1 aromatic rings. The molecule has 0 aliphatic rings. The highest BCUT2D eigenvalue weighted by molar-refractivity contribution is 5.49. The van der Waals surface area contributed by atoms with Gasteiger partial charge < -0.3 is 14.6 Å². The van der Waals surface area contributed by atoms with Crippen molar-refractivity contribution >= 4 is 0 Å². The zero-order valence-corrected chi connectivity index (χ0v) is 9.70. The maximum atomic E-state index is 9.66. The molecule has 0 aliphatic heterocycles. The Labute approximate surface area is 90.6 Å². The van der Waals surface area contributed by atoms with Gasteiger partial charge in [0.05, 0.1) is 12.7 Å². The largest absolute Gasteiger partial charge is 0.507 e. The zero-order chi connectivity index (χ0) is 11.4. The molecule has 1 N–H and O–H groups in total. The second-order valence-electron chi connectivity index (χ2n) is 3.67. The van der Waals surface area contributed by atoms with Crippen LogP contribution in [0.3, 0.4) is 0 Å². The van der Waals surface area contributed by atoms with E-state index in [-0.39, 0.29) is 11.9 Å². The summed E-state index contributed by atoms with van der Waals surface area (Å²) in [5.74, 6) is 1.52. The van der Waals surface area contributed by atoms with Crippen LogP contribution in [0, 0.1) is 6.92 Å². The average molecular weight is 210 g/mol. The molecule has 0 aliphatic carbocycles. The fourth-order valence-corrected chi connectivity index (χ4v) is 1.27. The summed E-state index contributed by atoms with van der Waals surface area (Å²) in [4.78, 5) is 0. The zero-order valence-electron chi connectivity index (χ0n) is 9.70. The Kier molecular flexibility index (Phi) is 3.83. The molecule has 0 aromatic heterocycles. The normalized spacial score (nSPS) is 10.5. The Morgan fingerprint density at radius 3 is 2.53 bits per heavy atom. The first-order valence-electron chi connectivity index (χ1n) is 5.17. The van der Waals surface area contributed by atoms with E-state index < -0.39 is 0 Å². The van der Waals surface area contributed by atoms with Gasteiger partial charge in [0.1, 0.15) is 17.2 Å². The Bertz CT molecular complexity index is 332. The van der Waals surface area contributed by atoms with E-state index in [1.807, 2.05) is 27.7 Å². The van der Waals surface area contributed by atoms with Crippen molar-refractivity contribution in [3.63, 3.8) is 0 Å². The lowest BCUT2D eigenvalue weighted by molar-refractivity contribution is 0.237. The number of rotatable bonds is 4. The van der Waals surface area contributed by atoms with Crippen LogP contribution in [0.25, 0.3) is 0 Å². The summed E-state index contributed by atoms with van der Waals surface area (Å²) in [7, 11) is 0. The van der Waals surface area contributed by atoms with Crippen LogP contribution in [0.15, 0.2) is 12.1 Å². The molecule has 1 aromatic carbocycles. The first kappa shape index (κ1) is 11.7. The van der Waals surface area contributed by atoms with E-state index in [1.165, 1.54) is 0 Å². The van der Waals surface area contributed by atoms with Crippen LogP contribution in [0.4, 0.5) is 0 Å². The first-order valence-corrected chi connectivity index (χ1v) is 5.17. The smallest absolute Gasteiger partial charge is 0.129 e. The molecule has 0 spiro atoms. The van der Waals surface area contributed by atoms with Crippen molar-refractivity contribution in [1.82, 2.24) is 0 Å². The van der Waals surface area contributed by atoms with Gasteiger partial charge in [0.15, 0.2) is 0 Å². The van der Waals surface area contributed by atoms with E-state index >= 15 is 0 Å². The Hall–Kier alpha value is -1.38. The second kappa shape index (κ2) is 4.91. The van der Waals surface area contributed by atoms with E-state index in [0.717, 1.165) is 5.56 Å². The van der Waals surface area contributed by atoms with Gasteiger partial charge in [-0.3, -0.25) is 0 Å². The molecule has 15 heavy (non-hydrogen) atoms. The third-order valence-electron chi connectivity index (χ3n) is 1.98. The molecular weight excluding hydrogens is 192 g/mol. The Morgan fingerprint density at radius 1 is 1.33 bits per heavy atom. The summed E-state index contributed by atoms with van der Waals surface area (Å²) in [5, 5.41) is 9.66. The monoisotopic (exact) mass is 210 g/mol. The van der Waals surface area contributed by atoms with Gasteiger partial charge in [0, 0.05) is 17.7 Å². The van der Waals surface area contributed by atoms with Crippen LogP contribution < -0.4 is 9.47 Å². The van der Waals surface area contributed by atoms with Crippen LogP contribution in [0.2, 0.25) is 0 Å². The number of aromatic hydroxyl groups is 1. The molecule has 0 heterocycles. The quantitative estimate of drug-likeness (QED) is 0.830. The van der Waals surface area contributed by atoms with Crippen LogP contribution >= 0.6 is 0 Å². The van der Waals surface area contributed by atoms with Gasteiger partial charge in [-0.2, -0.15) is 0 Å². The Balaban J connectivity index is 3.01. The summed E-state index contributed by atoms with van der Waals surface area (Å²) >= 11 is 0. The highest BCUT2D eigenvalue weighted by atomic mass is 16.5. The number of phenolic OH excluding ortho intramolecular Hbond substituents is 1. The maximum Gasteiger partial charge on any atom is 0.129 e. The molecule has 0 amide bonds. The third kappa shape index (κ3) is 3.05. The lowest BCUT2D eigenvalue weighted by Crippen LogP contribution is -2.07. The number of ether oxygens (including phenoxy) is 2. The van der Waals surface area contributed by atoms with Crippen LogP contribution in [-0.2, 0) is 0 Å². The molecule has 3 nitrogen and oxygen atoms in total. The molecule has 0 atom stereocenters. The van der Waals surface area contributed by atoms with Crippen LogP contribution in [0.1, 0.15) is 26.3 Å². The van der Waals surface area contributed by atoms with Gasteiger partial charge in [-0.15, -0.1) is 0 Å². The minimum atomic E-state index is 0.0833. The fraction of sp³-hybridized carbons (Fsp3) is 0.500. The van der Waals surface area contributed by atoms with Crippen molar-refractivity contribution < 1.29 is 14.6 Å². The van der Waals surface area contributed by atoms with Crippen molar-refractivity contribution in [1.29, 1.82) is 0 Å². The number of hydrogen-bond acceptors (Lipinski definition) is 3. The minimum Gasteiger partial charge on any atom is -0.507 e. The predicted molar refractivity (Wildman–Crippen MR) is 59.8 cm³/mol. The third-order valence-corrected chi connectivity index (χ3v) is 1.98. The molecule has 0 unspecified atom stereocenters. The number of hydrogen-bond donors (Lipinski definition) is 1. The molecule has 0 saturated carbocycles. The molecule has 84 valence electrons. The van der Waals surface area contributed by atoms with E-state index in [9.17, 15) is 5.11 Å². The molecule has 0 bridgehead atoms. The molecular formula is C12H18O3. The minimum absolute atomic E-state index is 0.0833. The number of phenols is 1. The average Bonchev–Trinajstić information content (AvgIpc) is 2.13. The topological polar surface area (TPSA) is 38.7 Å². The van der Waals surface area contributed by atoms with Crippen molar-refractivity contribution in [2.24, 2.45) is 0 Å². The van der Waals surface area contributed by atoms with E-state index in [4.69, 9.17) is 9.47 Å². The Morgan fingerprint density at radius 2 is 2.00 bits per heavy atom.